The largest absolute Gasteiger partial charge is 0.507 e. The van der Waals surface area contributed by atoms with Crippen LogP contribution in [0.3, 0.4) is 0 Å². The molecule has 0 aliphatic carbocycles. The SMILES string of the molecule is Cc1ccc(C)c(C(O)=C2C(=O)C(=O)N(Cc3ccco3)C2c2ccc(C(C)C)cc2)c1. The second-order valence-electron chi connectivity index (χ2n) is 8.65. The summed E-state index contributed by atoms with van der Waals surface area (Å²) < 4.78 is 5.45. The summed E-state index contributed by atoms with van der Waals surface area (Å²) in [7, 11) is 0. The molecular formula is C27H27NO4. The predicted molar refractivity (Wildman–Crippen MR) is 123 cm³/mol. The van der Waals surface area contributed by atoms with E-state index in [1.807, 2.05) is 56.3 Å². The first-order chi connectivity index (χ1) is 15.3. The minimum absolute atomic E-state index is 0.104. The van der Waals surface area contributed by atoms with Crippen molar-refractivity contribution in [2.24, 2.45) is 0 Å². The summed E-state index contributed by atoms with van der Waals surface area (Å²) in [5.74, 6) is -0.556. The highest BCUT2D eigenvalue weighted by Crippen LogP contribution is 2.41. The van der Waals surface area contributed by atoms with Crippen molar-refractivity contribution in [1.82, 2.24) is 4.90 Å². The molecule has 3 aromatic rings. The zero-order valence-electron chi connectivity index (χ0n) is 18.8. The molecule has 2 aromatic carbocycles. The van der Waals surface area contributed by atoms with Crippen molar-refractivity contribution in [3.63, 3.8) is 0 Å². The lowest BCUT2D eigenvalue weighted by atomic mass is 9.92. The molecule has 1 unspecified atom stereocenters. The Morgan fingerprint density at radius 1 is 1.06 bits per heavy atom. The average molecular weight is 430 g/mol. The van der Waals surface area contributed by atoms with E-state index in [2.05, 4.69) is 13.8 Å². The van der Waals surface area contributed by atoms with Crippen molar-refractivity contribution in [3.8, 4) is 0 Å². The number of hydrogen-bond acceptors (Lipinski definition) is 4. The minimum atomic E-state index is -0.707. The molecule has 1 fully saturated rings. The van der Waals surface area contributed by atoms with E-state index in [-0.39, 0.29) is 17.9 Å². The number of amides is 1. The van der Waals surface area contributed by atoms with Gasteiger partial charge in [0.15, 0.2) is 0 Å². The summed E-state index contributed by atoms with van der Waals surface area (Å²) in [4.78, 5) is 27.7. The van der Waals surface area contributed by atoms with Crippen molar-refractivity contribution < 1.29 is 19.1 Å². The summed E-state index contributed by atoms with van der Waals surface area (Å²) in [5.41, 5.74) is 4.38. The summed E-state index contributed by atoms with van der Waals surface area (Å²) >= 11 is 0. The molecule has 5 heteroatoms. The van der Waals surface area contributed by atoms with E-state index in [1.165, 1.54) is 11.2 Å². The first kappa shape index (κ1) is 21.6. The summed E-state index contributed by atoms with van der Waals surface area (Å²) in [6.45, 7) is 8.16. The number of nitrogens with zero attached hydrogens (tertiary/aromatic N) is 1. The number of benzene rings is 2. The zero-order chi connectivity index (χ0) is 23.0. The fourth-order valence-electron chi connectivity index (χ4n) is 4.16. The minimum Gasteiger partial charge on any atom is -0.507 e. The molecule has 1 aliphatic heterocycles. The molecule has 1 aliphatic rings. The van der Waals surface area contributed by atoms with E-state index in [1.54, 1.807) is 12.1 Å². The first-order valence-corrected chi connectivity index (χ1v) is 10.8. The fourth-order valence-corrected chi connectivity index (χ4v) is 4.16. The maximum Gasteiger partial charge on any atom is 0.296 e. The first-order valence-electron chi connectivity index (χ1n) is 10.8. The molecular weight excluding hydrogens is 402 g/mol. The monoisotopic (exact) mass is 429 g/mol. The lowest BCUT2D eigenvalue weighted by Crippen LogP contribution is -2.29. The van der Waals surface area contributed by atoms with Gasteiger partial charge in [0.25, 0.3) is 11.7 Å². The van der Waals surface area contributed by atoms with Crippen molar-refractivity contribution >= 4 is 17.4 Å². The maximum atomic E-state index is 13.2. The Hall–Kier alpha value is -3.60. The molecule has 1 saturated heterocycles. The number of Topliss-reactive ketones (excluding diaryl/α,β-unsaturated/α-hetero) is 1. The number of hydrogen-bond donors (Lipinski definition) is 1. The van der Waals surface area contributed by atoms with Gasteiger partial charge in [-0.3, -0.25) is 9.59 Å². The fraction of sp³-hybridized carbons (Fsp3) is 0.259. The quantitative estimate of drug-likeness (QED) is 0.324. The number of likely N-dealkylation sites (tertiary alicyclic amines) is 1. The number of ketones is 1. The van der Waals surface area contributed by atoms with Crippen molar-refractivity contribution in [2.75, 3.05) is 0 Å². The number of carbonyl (C=O) groups is 2. The van der Waals surface area contributed by atoms with Gasteiger partial charge in [0.05, 0.1) is 24.4 Å². The molecule has 5 nitrogen and oxygen atoms in total. The summed E-state index contributed by atoms with van der Waals surface area (Å²) in [6, 6.07) is 16.4. The van der Waals surface area contributed by atoms with Crippen molar-refractivity contribution in [2.45, 2.75) is 46.2 Å². The third-order valence-electron chi connectivity index (χ3n) is 6.01. The molecule has 1 amide bonds. The highest BCUT2D eigenvalue weighted by molar-refractivity contribution is 6.46. The van der Waals surface area contributed by atoms with Gasteiger partial charge in [-0.15, -0.1) is 0 Å². The van der Waals surface area contributed by atoms with Gasteiger partial charge >= 0.3 is 0 Å². The van der Waals surface area contributed by atoms with Gasteiger partial charge in [0.2, 0.25) is 0 Å². The van der Waals surface area contributed by atoms with Crippen molar-refractivity contribution in [3.05, 3.63) is 100 Å². The Bertz CT molecular complexity index is 1190. The number of rotatable bonds is 5. The smallest absolute Gasteiger partial charge is 0.296 e. The number of aliphatic hydroxyl groups excluding tert-OH is 1. The Kier molecular flexibility index (Phi) is 5.74. The number of aliphatic hydroxyl groups is 1. The molecule has 0 radical (unpaired) electrons. The van der Waals surface area contributed by atoms with Gasteiger partial charge < -0.3 is 14.4 Å². The molecule has 1 aromatic heterocycles. The van der Waals surface area contributed by atoms with Gasteiger partial charge in [-0.25, -0.2) is 0 Å². The Balaban J connectivity index is 1.89. The molecule has 2 heterocycles. The molecule has 0 bridgehead atoms. The topological polar surface area (TPSA) is 70.8 Å². The van der Waals surface area contributed by atoms with Gasteiger partial charge in [-0.2, -0.15) is 0 Å². The Morgan fingerprint density at radius 2 is 1.78 bits per heavy atom. The lowest BCUT2D eigenvalue weighted by Gasteiger charge is -2.25. The van der Waals surface area contributed by atoms with Crippen LogP contribution in [0, 0.1) is 13.8 Å². The summed E-state index contributed by atoms with van der Waals surface area (Å²) in [6.07, 6.45) is 1.54. The maximum absolute atomic E-state index is 13.2. The number of aryl methyl sites for hydroxylation is 2. The van der Waals surface area contributed by atoms with E-state index in [9.17, 15) is 14.7 Å². The van der Waals surface area contributed by atoms with E-state index in [0.29, 0.717) is 17.2 Å². The van der Waals surface area contributed by atoms with Crippen LogP contribution in [0.25, 0.3) is 5.76 Å². The van der Waals surface area contributed by atoms with Crippen LogP contribution < -0.4 is 0 Å². The van der Waals surface area contributed by atoms with Crippen LogP contribution in [0.2, 0.25) is 0 Å². The Labute approximate surface area is 188 Å². The third kappa shape index (κ3) is 3.86. The molecule has 1 atom stereocenters. The highest BCUT2D eigenvalue weighted by Gasteiger charge is 2.46. The molecule has 1 N–H and O–H groups in total. The lowest BCUT2D eigenvalue weighted by molar-refractivity contribution is -0.140. The van der Waals surface area contributed by atoms with E-state index in [4.69, 9.17) is 4.42 Å². The van der Waals surface area contributed by atoms with Crippen molar-refractivity contribution in [1.29, 1.82) is 0 Å². The molecule has 32 heavy (non-hydrogen) atoms. The molecule has 4 rings (SSSR count). The number of carbonyl (C=O) groups excluding carboxylic acids is 2. The van der Waals surface area contributed by atoms with Crippen LogP contribution in [-0.4, -0.2) is 21.7 Å². The second kappa shape index (κ2) is 8.50. The Morgan fingerprint density at radius 3 is 2.41 bits per heavy atom. The molecule has 164 valence electrons. The van der Waals surface area contributed by atoms with Gasteiger partial charge in [-0.05, 0) is 54.7 Å². The predicted octanol–water partition coefficient (Wildman–Crippen LogP) is 5.64. The van der Waals surface area contributed by atoms with E-state index < -0.39 is 17.7 Å². The summed E-state index contributed by atoms with van der Waals surface area (Å²) in [5, 5.41) is 11.3. The van der Waals surface area contributed by atoms with Crippen LogP contribution in [0.15, 0.2) is 70.9 Å². The molecule has 0 saturated carbocycles. The van der Waals surface area contributed by atoms with E-state index in [0.717, 1.165) is 22.3 Å². The van der Waals surface area contributed by atoms with Crippen LogP contribution in [0.4, 0.5) is 0 Å². The number of furan rings is 1. The van der Waals surface area contributed by atoms with Gasteiger partial charge in [0.1, 0.15) is 11.5 Å². The average Bonchev–Trinajstić information content (AvgIpc) is 3.37. The van der Waals surface area contributed by atoms with E-state index >= 15 is 0 Å². The van der Waals surface area contributed by atoms with Crippen LogP contribution >= 0.6 is 0 Å². The zero-order valence-corrected chi connectivity index (χ0v) is 18.8. The second-order valence-corrected chi connectivity index (χ2v) is 8.65. The van der Waals surface area contributed by atoms with Crippen LogP contribution in [-0.2, 0) is 16.1 Å². The molecule has 0 spiro atoms. The van der Waals surface area contributed by atoms with Gasteiger partial charge in [0, 0.05) is 5.56 Å². The highest BCUT2D eigenvalue weighted by atomic mass is 16.3. The third-order valence-corrected chi connectivity index (χ3v) is 6.01. The van der Waals surface area contributed by atoms with Crippen LogP contribution in [0.1, 0.15) is 59.4 Å². The normalized spacial score (nSPS) is 18.0. The van der Waals surface area contributed by atoms with Gasteiger partial charge in [-0.1, -0.05) is 55.8 Å². The standard InChI is InChI=1S/C27H27NO4/c1-16(2)19-9-11-20(12-10-19)24-23(25(29)22-14-17(3)7-8-18(22)4)26(30)27(31)28(24)15-21-6-5-13-32-21/h5-14,16,24,29H,15H2,1-4H3. The van der Waals surface area contributed by atoms with Crippen LogP contribution in [0.5, 0.6) is 0 Å².